The Labute approximate surface area is 190 Å². The van der Waals surface area contributed by atoms with Gasteiger partial charge in [0.15, 0.2) is 0 Å². The van der Waals surface area contributed by atoms with Crippen LogP contribution in [0.25, 0.3) is 10.9 Å². The summed E-state index contributed by atoms with van der Waals surface area (Å²) < 4.78 is 2.35. The predicted octanol–water partition coefficient (Wildman–Crippen LogP) is 6.03. The Bertz CT molecular complexity index is 1300. The first-order valence-electron chi connectivity index (χ1n) is 11.5. The molecule has 1 heterocycles. The number of nitrogens with zero attached hydrogens (tertiary/aromatic N) is 1. The highest BCUT2D eigenvalue weighted by Gasteiger charge is 2.45. The molecule has 32 heavy (non-hydrogen) atoms. The number of hydrogen-bond acceptors (Lipinski definition) is 1. The normalized spacial score (nSPS) is 17.5. The van der Waals surface area contributed by atoms with Crippen LogP contribution in [-0.2, 0) is 17.9 Å². The SMILES string of the molecule is Cc1ccc(C)c(Cn2cc([C@H]3C[C@@H]3C(=O)NCc3ccccc3C)c3ccccc32)c1. The fourth-order valence-corrected chi connectivity index (χ4v) is 4.81. The molecule has 2 atom stereocenters. The van der Waals surface area contributed by atoms with Crippen molar-refractivity contribution >= 4 is 16.8 Å². The van der Waals surface area contributed by atoms with Crippen LogP contribution >= 0.6 is 0 Å². The van der Waals surface area contributed by atoms with Gasteiger partial charge < -0.3 is 9.88 Å². The minimum Gasteiger partial charge on any atom is -0.352 e. The van der Waals surface area contributed by atoms with E-state index in [4.69, 9.17) is 0 Å². The van der Waals surface area contributed by atoms with Crippen molar-refractivity contribution in [3.63, 3.8) is 0 Å². The van der Waals surface area contributed by atoms with E-state index >= 15 is 0 Å². The van der Waals surface area contributed by atoms with Gasteiger partial charge in [0.2, 0.25) is 5.91 Å². The average Bonchev–Trinajstić information content (AvgIpc) is 3.51. The standard InChI is InChI=1S/C29H30N2O/c1-19-12-13-21(3)23(14-19)17-31-18-27(24-10-6-7-11-28(24)31)25-15-26(25)29(32)30-16-22-9-5-4-8-20(22)2/h4-14,18,25-26H,15-17H2,1-3H3,(H,30,32)/t25-,26-/m0/s1. The van der Waals surface area contributed by atoms with Crippen LogP contribution in [-0.4, -0.2) is 10.5 Å². The maximum atomic E-state index is 12.9. The quantitative estimate of drug-likeness (QED) is 0.404. The van der Waals surface area contributed by atoms with E-state index in [0.29, 0.717) is 12.5 Å². The summed E-state index contributed by atoms with van der Waals surface area (Å²) in [5.41, 5.74) is 8.90. The van der Waals surface area contributed by atoms with Gasteiger partial charge in [-0.2, -0.15) is 0 Å². The second-order valence-electron chi connectivity index (χ2n) is 9.25. The predicted molar refractivity (Wildman–Crippen MR) is 131 cm³/mol. The van der Waals surface area contributed by atoms with E-state index in [1.54, 1.807) is 0 Å². The Morgan fingerprint density at radius 3 is 2.53 bits per heavy atom. The van der Waals surface area contributed by atoms with Gasteiger partial charge >= 0.3 is 0 Å². The first-order valence-corrected chi connectivity index (χ1v) is 11.5. The van der Waals surface area contributed by atoms with E-state index in [0.717, 1.165) is 13.0 Å². The summed E-state index contributed by atoms with van der Waals surface area (Å²) in [7, 11) is 0. The van der Waals surface area contributed by atoms with Crippen LogP contribution in [0.3, 0.4) is 0 Å². The van der Waals surface area contributed by atoms with Gasteiger partial charge in [0.25, 0.3) is 0 Å². The molecule has 3 nitrogen and oxygen atoms in total. The Morgan fingerprint density at radius 1 is 0.938 bits per heavy atom. The lowest BCUT2D eigenvalue weighted by Crippen LogP contribution is -2.25. The molecule has 4 aromatic rings. The van der Waals surface area contributed by atoms with Crippen molar-refractivity contribution in [3.8, 4) is 0 Å². The number of aromatic nitrogens is 1. The first-order chi connectivity index (χ1) is 15.5. The number of fused-ring (bicyclic) bond motifs is 1. The van der Waals surface area contributed by atoms with Crippen LogP contribution in [0, 0.1) is 26.7 Å². The van der Waals surface area contributed by atoms with Crippen LogP contribution in [0.15, 0.2) is 72.9 Å². The molecule has 3 aromatic carbocycles. The molecule has 1 saturated carbocycles. The summed E-state index contributed by atoms with van der Waals surface area (Å²) >= 11 is 0. The molecular formula is C29H30N2O. The van der Waals surface area contributed by atoms with Crippen LogP contribution in [0.2, 0.25) is 0 Å². The number of carbonyl (C=O) groups is 1. The lowest BCUT2D eigenvalue weighted by Gasteiger charge is -2.10. The number of carbonyl (C=O) groups excluding carboxylic acids is 1. The van der Waals surface area contributed by atoms with Crippen molar-refractivity contribution in [2.24, 2.45) is 5.92 Å². The Kier molecular flexibility index (Phi) is 5.34. The van der Waals surface area contributed by atoms with Gasteiger partial charge in [-0.05, 0) is 67.0 Å². The lowest BCUT2D eigenvalue weighted by atomic mass is 10.1. The second kappa shape index (κ2) is 8.31. The molecule has 0 unspecified atom stereocenters. The third kappa shape index (κ3) is 3.95. The third-order valence-electron chi connectivity index (χ3n) is 6.91. The summed E-state index contributed by atoms with van der Waals surface area (Å²) in [6.45, 7) is 7.86. The number of amides is 1. The highest BCUT2D eigenvalue weighted by atomic mass is 16.2. The second-order valence-corrected chi connectivity index (χ2v) is 9.25. The average molecular weight is 423 g/mol. The van der Waals surface area contributed by atoms with Gasteiger partial charge in [0.05, 0.1) is 0 Å². The molecule has 0 saturated heterocycles. The van der Waals surface area contributed by atoms with Crippen molar-refractivity contribution in [2.45, 2.75) is 46.2 Å². The molecule has 0 aliphatic heterocycles. The highest BCUT2D eigenvalue weighted by molar-refractivity contribution is 5.89. The lowest BCUT2D eigenvalue weighted by molar-refractivity contribution is -0.122. The largest absolute Gasteiger partial charge is 0.352 e. The summed E-state index contributed by atoms with van der Waals surface area (Å²) in [6, 6.07) is 23.5. The molecule has 5 rings (SSSR count). The van der Waals surface area contributed by atoms with Gasteiger partial charge in [-0.3, -0.25) is 4.79 Å². The summed E-state index contributed by atoms with van der Waals surface area (Å²) in [5.74, 6) is 0.542. The maximum absolute atomic E-state index is 12.9. The van der Waals surface area contributed by atoms with E-state index in [9.17, 15) is 4.79 Å². The zero-order valence-electron chi connectivity index (χ0n) is 19.1. The van der Waals surface area contributed by atoms with Crippen LogP contribution in [0.4, 0.5) is 0 Å². The summed E-state index contributed by atoms with van der Waals surface area (Å²) in [5, 5.41) is 4.44. The van der Waals surface area contributed by atoms with Crippen LogP contribution in [0.5, 0.6) is 0 Å². The van der Waals surface area contributed by atoms with E-state index in [1.807, 2.05) is 12.1 Å². The first kappa shape index (κ1) is 20.6. The zero-order valence-corrected chi connectivity index (χ0v) is 19.1. The summed E-state index contributed by atoms with van der Waals surface area (Å²) in [6.07, 6.45) is 3.21. The van der Waals surface area contributed by atoms with Gasteiger partial charge in [0, 0.05) is 36.1 Å². The van der Waals surface area contributed by atoms with E-state index in [1.165, 1.54) is 44.3 Å². The maximum Gasteiger partial charge on any atom is 0.224 e. The van der Waals surface area contributed by atoms with E-state index in [-0.39, 0.29) is 11.8 Å². The molecule has 0 radical (unpaired) electrons. The summed E-state index contributed by atoms with van der Waals surface area (Å²) in [4.78, 5) is 12.9. The number of aryl methyl sites for hydroxylation is 3. The number of para-hydroxylation sites is 1. The topological polar surface area (TPSA) is 34.0 Å². The minimum atomic E-state index is 0.0685. The van der Waals surface area contributed by atoms with Gasteiger partial charge in [0.1, 0.15) is 0 Å². The Balaban J connectivity index is 1.36. The van der Waals surface area contributed by atoms with Crippen LogP contribution in [0.1, 0.15) is 45.7 Å². The molecule has 3 heteroatoms. The number of benzene rings is 3. The van der Waals surface area contributed by atoms with Crippen molar-refractivity contribution in [1.82, 2.24) is 9.88 Å². The highest BCUT2D eigenvalue weighted by Crippen LogP contribution is 2.50. The molecule has 1 fully saturated rings. The number of nitrogens with one attached hydrogen (secondary N) is 1. The monoisotopic (exact) mass is 422 g/mol. The molecule has 1 N–H and O–H groups in total. The fourth-order valence-electron chi connectivity index (χ4n) is 4.81. The van der Waals surface area contributed by atoms with Gasteiger partial charge in [-0.25, -0.2) is 0 Å². The smallest absolute Gasteiger partial charge is 0.224 e. The number of rotatable bonds is 6. The Morgan fingerprint density at radius 2 is 1.69 bits per heavy atom. The van der Waals surface area contributed by atoms with Crippen molar-refractivity contribution < 1.29 is 4.79 Å². The molecule has 0 bridgehead atoms. The van der Waals surface area contributed by atoms with Crippen LogP contribution < -0.4 is 5.32 Å². The number of hydrogen-bond donors (Lipinski definition) is 1. The molecule has 1 aliphatic rings. The third-order valence-corrected chi connectivity index (χ3v) is 6.91. The van der Waals surface area contributed by atoms with Crippen molar-refractivity contribution in [3.05, 3.63) is 106 Å². The Hall–Kier alpha value is -3.33. The minimum absolute atomic E-state index is 0.0685. The zero-order chi connectivity index (χ0) is 22.2. The van der Waals surface area contributed by atoms with E-state index < -0.39 is 0 Å². The molecule has 1 aliphatic carbocycles. The molecule has 1 aromatic heterocycles. The molecular weight excluding hydrogens is 392 g/mol. The van der Waals surface area contributed by atoms with E-state index in [2.05, 4.69) is 91.4 Å². The van der Waals surface area contributed by atoms with Gasteiger partial charge in [-0.15, -0.1) is 0 Å². The fraction of sp³-hybridized carbons (Fsp3) is 0.276. The van der Waals surface area contributed by atoms with Crippen molar-refractivity contribution in [2.75, 3.05) is 0 Å². The molecule has 162 valence electrons. The molecule has 0 spiro atoms. The van der Waals surface area contributed by atoms with Gasteiger partial charge in [-0.1, -0.05) is 66.2 Å². The molecule has 1 amide bonds. The van der Waals surface area contributed by atoms with Crippen molar-refractivity contribution in [1.29, 1.82) is 0 Å².